The van der Waals surface area contributed by atoms with Gasteiger partial charge in [-0.15, -0.1) is 0 Å². The van der Waals surface area contributed by atoms with Crippen molar-refractivity contribution < 1.29 is 13.9 Å². The van der Waals surface area contributed by atoms with Gasteiger partial charge in [-0.2, -0.15) is 0 Å². The van der Waals surface area contributed by atoms with Gasteiger partial charge in [0.25, 0.3) is 0 Å². The zero-order chi connectivity index (χ0) is 16.2. The van der Waals surface area contributed by atoms with E-state index in [1.807, 2.05) is 44.3 Å². The fourth-order valence-corrected chi connectivity index (χ4v) is 2.79. The molecule has 1 aliphatic heterocycles. The first kappa shape index (κ1) is 15.7. The van der Waals surface area contributed by atoms with Crippen LogP contribution >= 0.6 is 0 Å². The summed E-state index contributed by atoms with van der Waals surface area (Å²) >= 11 is 0. The van der Waals surface area contributed by atoms with Gasteiger partial charge >= 0.3 is 0 Å². The van der Waals surface area contributed by atoms with Crippen molar-refractivity contribution in [3.8, 4) is 11.5 Å². The van der Waals surface area contributed by atoms with Gasteiger partial charge in [-0.3, -0.25) is 4.79 Å². The van der Waals surface area contributed by atoms with Crippen molar-refractivity contribution in [3.63, 3.8) is 0 Å². The molecule has 0 aliphatic carbocycles. The molecule has 0 saturated carbocycles. The highest BCUT2D eigenvalue weighted by molar-refractivity contribution is 5.78. The first-order valence-corrected chi connectivity index (χ1v) is 7.97. The molecule has 0 bridgehead atoms. The van der Waals surface area contributed by atoms with E-state index in [4.69, 9.17) is 9.15 Å². The van der Waals surface area contributed by atoms with Crippen molar-refractivity contribution in [2.45, 2.75) is 19.8 Å². The topological polar surface area (TPSA) is 55.6 Å². The van der Waals surface area contributed by atoms with Crippen molar-refractivity contribution in [2.75, 3.05) is 26.8 Å². The van der Waals surface area contributed by atoms with Crippen molar-refractivity contribution in [3.05, 3.63) is 41.8 Å². The molecule has 2 aromatic rings. The van der Waals surface area contributed by atoms with Crippen LogP contribution < -0.4 is 0 Å². The number of hydrogen-bond donors (Lipinski definition) is 0. The lowest BCUT2D eigenvalue weighted by atomic mass is 10.1. The van der Waals surface area contributed by atoms with Crippen LogP contribution in [-0.2, 0) is 16.0 Å². The van der Waals surface area contributed by atoms with E-state index in [0.29, 0.717) is 23.3 Å². The Morgan fingerprint density at radius 3 is 2.83 bits per heavy atom. The Hall–Kier alpha value is -2.14. The summed E-state index contributed by atoms with van der Waals surface area (Å²) in [6.45, 7) is 4.14. The molecule has 5 heteroatoms. The summed E-state index contributed by atoms with van der Waals surface area (Å²) in [4.78, 5) is 18.7. The number of rotatable bonds is 5. The standard InChI is InChI=1S/C18H22N2O3/c1-13-16(19-18(23-13)15-6-4-3-5-7-15)10-17(21)20(2)11-14-8-9-22-12-14/h3-7,14H,8-12H2,1-2H3. The number of likely N-dealkylation sites (N-methyl/N-ethyl adjacent to an activating group) is 1. The minimum absolute atomic E-state index is 0.0629. The van der Waals surface area contributed by atoms with Gasteiger partial charge in [0, 0.05) is 31.7 Å². The first-order chi connectivity index (χ1) is 11.1. The maximum absolute atomic E-state index is 12.4. The summed E-state index contributed by atoms with van der Waals surface area (Å²) in [5.74, 6) is 1.78. The van der Waals surface area contributed by atoms with E-state index >= 15 is 0 Å². The molecule has 0 N–H and O–H groups in total. The molecular weight excluding hydrogens is 292 g/mol. The van der Waals surface area contributed by atoms with Gasteiger partial charge in [0.15, 0.2) is 0 Å². The van der Waals surface area contributed by atoms with E-state index in [-0.39, 0.29) is 12.3 Å². The van der Waals surface area contributed by atoms with E-state index < -0.39 is 0 Å². The molecule has 1 aromatic carbocycles. The van der Waals surface area contributed by atoms with E-state index in [1.165, 1.54) is 0 Å². The van der Waals surface area contributed by atoms with E-state index in [2.05, 4.69) is 4.98 Å². The van der Waals surface area contributed by atoms with Crippen molar-refractivity contribution in [1.29, 1.82) is 0 Å². The lowest BCUT2D eigenvalue weighted by Crippen LogP contribution is -2.33. The summed E-state index contributed by atoms with van der Waals surface area (Å²) in [5.41, 5.74) is 1.63. The van der Waals surface area contributed by atoms with Crippen molar-refractivity contribution in [1.82, 2.24) is 9.88 Å². The number of aromatic nitrogens is 1. The highest BCUT2D eigenvalue weighted by Gasteiger charge is 2.22. The van der Waals surface area contributed by atoms with Crippen LogP contribution in [0.15, 0.2) is 34.7 Å². The Kier molecular flexibility index (Phi) is 4.76. The summed E-state index contributed by atoms with van der Waals surface area (Å²) in [7, 11) is 1.84. The number of nitrogens with zero attached hydrogens (tertiary/aromatic N) is 2. The second kappa shape index (κ2) is 6.96. The minimum atomic E-state index is 0.0629. The van der Waals surface area contributed by atoms with Crippen LogP contribution in [0.3, 0.4) is 0 Å². The fraction of sp³-hybridized carbons (Fsp3) is 0.444. The van der Waals surface area contributed by atoms with Gasteiger partial charge in [-0.25, -0.2) is 4.98 Å². The van der Waals surface area contributed by atoms with E-state index in [9.17, 15) is 4.79 Å². The monoisotopic (exact) mass is 314 g/mol. The molecule has 3 rings (SSSR count). The zero-order valence-electron chi connectivity index (χ0n) is 13.6. The molecule has 1 aliphatic rings. The van der Waals surface area contributed by atoms with Gasteiger partial charge in [0.1, 0.15) is 5.76 Å². The molecule has 1 atom stereocenters. The second-order valence-electron chi connectivity index (χ2n) is 6.07. The summed E-state index contributed by atoms with van der Waals surface area (Å²) in [5, 5.41) is 0. The molecule has 5 nitrogen and oxygen atoms in total. The van der Waals surface area contributed by atoms with E-state index in [0.717, 1.165) is 31.7 Å². The average molecular weight is 314 g/mol. The third-order valence-electron chi connectivity index (χ3n) is 4.21. The molecule has 23 heavy (non-hydrogen) atoms. The van der Waals surface area contributed by atoms with Gasteiger partial charge < -0.3 is 14.1 Å². The Morgan fingerprint density at radius 1 is 1.35 bits per heavy atom. The highest BCUT2D eigenvalue weighted by atomic mass is 16.5. The first-order valence-electron chi connectivity index (χ1n) is 7.97. The summed E-state index contributed by atoms with van der Waals surface area (Å²) < 4.78 is 11.1. The molecule has 0 radical (unpaired) electrons. The van der Waals surface area contributed by atoms with Gasteiger partial charge in [0.2, 0.25) is 11.8 Å². The number of carbonyl (C=O) groups excluding carboxylic acids is 1. The van der Waals surface area contributed by atoms with E-state index in [1.54, 1.807) is 4.90 Å². The van der Waals surface area contributed by atoms with Crippen LogP contribution in [0.25, 0.3) is 11.5 Å². The molecule has 1 amide bonds. The minimum Gasteiger partial charge on any atom is -0.441 e. The maximum atomic E-state index is 12.4. The largest absolute Gasteiger partial charge is 0.441 e. The third kappa shape index (κ3) is 3.79. The van der Waals surface area contributed by atoms with Crippen LogP contribution in [0.4, 0.5) is 0 Å². The van der Waals surface area contributed by atoms with Crippen LogP contribution in [0.2, 0.25) is 0 Å². The third-order valence-corrected chi connectivity index (χ3v) is 4.21. The van der Waals surface area contributed by atoms with Gasteiger partial charge in [0.05, 0.1) is 18.7 Å². The lowest BCUT2D eigenvalue weighted by Gasteiger charge is -2.20. The lowest BCUT2D eigenvalue weighted by molar-refractivity contribution is -0.129. The molecule has 1 unspecified atom stereocenters. The van der Waals surface area contributed by atoms with Gasteiger partial charge in [-0.1, -0.05) is 18.2 Å². The smallest absolute Gasteiger partial charge is 0.228 e. The van der Waals surface area contributed by atoms with Gasteiger partial charge in [-0.05, 0) is 25.5 Å². The average Bonchev–Trinajstić information content (AvgIpc) is 3.18. The number of ether oxygens (including phenoxy) is 1. The molecule has 1 saturated heterocycles. The number of hydrogen-bond acceptors (Lipinski definition) is 4. The van der Waals surface area contributed by atoms with Crippen LogP contribution in [-0.4, -0.2) is 42.6 Å². The Bertz CT molecular complexity index is 660. The summed E-state index contributed by atoms with van der Waals surface area (Å²) in [6.07, 6.45) is 1.30. The number of amides is 1. The number of aryl methyl sites for hydroxylation is 1. The van der Waals surface area contributed by atoms with Crippen LogP contribution in [0.1, 0.15) is 17.9 Å². The maximum Gasteiger partial charge on any atom is 0.228 e. The fourth-order valence-electron chi connectivity index (χ4n) is 2.79. The Morgan fingerprint density at radius 2 is 2.13 bits per heavy atom. The SMILES string of the molecule is Cc1oc(-c2ccccc2)nc1CC(=O)N(C)CC1CCOC1. The molecule has 2 heterocycles. The molecule has 0 spiro atoms. The van der Waals surface area contributed by atoms with Crippen LogP contribution in [0.5, 0.6) is 0 Å². The molecule has 1 aromatic heterocycles. The predicted molar refractivity (Wildman–Crippen MR) is 86.9 cm³/mol. The Balaban J connectivity index is 1.65. The molecule has 1 fully saturated rings. The highest BCUT2D eigenvalue weighted by Crippen LogP contribution is 2.22. The number of benzene rings is 1. The Labute approximate surface area is 136 Å². The normalized spacial score (nSPS) is 17.4. The van der Waals surface area contributed by atoms with Crippen LogP contribution in [0, 0.1) is 12.8 Å². The van der Waals surface area contributed by atoms with Crippen molar-refractivity contribution in [2.24, 2.45) is 5.92 Å². The second-order valence-corrected chi connectivity index (χ2v) is 6.07. The summed E-state index contributed by atoms with van der Waals surface area (Å²) in [6, 6.07) is 9.73. The molecular formula is C18H22N2O3. The number of carbonyl (C=O) groups is 1. The quantitative estimate of drug-likeness (QED) is 0.851. The predicted octanol–water partition coefficient (Wildman–Crippen LogP) is 2.69. The van der Waals surface area contributed by atoms with Crippen molar-refractivity contribution >= 4 is 5.91 Å². The zero-order valence-corrected chi connectivity index (χ0v) is 13.6. The molecule has 122 valence electrons. The number of oxazole rings is 1.